The molecule has 6 N–H and O–H groups in total. The number of rotatable bonds is 9. The van der Waals surface area contributed by atoms with Crippen LogP contribution in [0.5, 0.6) is 5.75 Å². The molecule has 31 heavy (non-hydrogen) atoms. The molecule has 2 atom stereocenters. The van der Waals surface area contributed by atoms with E-state index in [2.05, 4.69) is 15.3 Å². The van der Waals surface area contributed by atoms with Crippen molar-refractivity contribution in [1.29, 1.82) is 0 Å². The van der Waals surface area contributed by atoms with Crippen LogP contribution in [0, 0.1) is 5.92 Å². The first-order valence-corrected chi connectivity index (χ1v) is 9.78. The van der Waals surface area contributed by atoms with Crippen LogP contribution in [0.25, 0.3) is 0 Å². The molecule has 0 aliphatic rings. The zero-order valence-electron chi connectivity index (χ0n) is 17.2. The van der Waals surface area contributed by atoms with Gasteiger partial charge in [-0.1, -0.05) is 26.0 Å². The van der Waals surface area contributed by atoms with Gasteiger partial charge in [-0.2, -0.15) is 0 Å². The topological polar surface area (TPSA) is 170 Å². The third kappa shape index (κ3) is 5.70. The fraction of sp³-hybridized carbons (Fsp3) is 0.333. The van der Waals surface area contributed by atoms with Crippen LogP contribution in [0.15, 0.2) is 45.6 Å². The highest BCUT2D eigenvalue weighted by molar-refractivity contribution is 5.92. The highest BCUT2D eigenvalue weighted by Crippen LogP contribution is 2.22. The molecule has 3 aromatic rings. The maximum Gasteiger partial charge on any atom is 0.273 e. The van der Waals surface area contributed by atoms with Gasteiger partial charge in [0.2, 0.25) is 11.8 Å². The lowest BCUT2D eigenvalue weighted by atomic mass is 10.0. The number of carbonyl (C=O) groups is 2. The van der Waals surface area contributed by atoms with Crippen LogP contribution in [-0.4, -0.2) is 26.9 Å². The number of amides is 2. The zero-order chi connectivity index (χ0) is 22.5. The molecular formula is C21H25N5O5. The minimum absolute atomic E-state index is 0.0121. The summed E-state index contributed by atoms with van der Waals surface area (Å²) in [6, 6.07) is 5.49. The average Bonchev–Trinajstić information content (AvgIpc) is 3.39. The summed E-state index contributed by atoms with van der Waals surface area (Å²) in [5.41, 5.74) is 12.3. The highest BCUT2D eigenvalue weighted by atomic mass is 16.3. The molecule has 0 saturated carbocycles. The molecule has 2 heterocycles. The van der Waals surface area contributed by atoms with Gasteiger partial charge in [0, 0.05) is 0 Å². The first-order chi connectivity index (χ1) is 14.7. The molecule has 0 radical (unpaired) electrons. The number of nitrogens with two attached hydrogens (primary N) is 2. The maximum absolute atomic E-state index is 12.7. The largest absolute Gasteiger partial charge is 0.508 e. The number of nitrogens with one attached hydrogen (secondary N) is 1. The van der Waals surface area contributed by atoms with Gasteiger partial charge in [0.05, 0.1) is 6.04 Å². The minimum Gasteiger partial charge on any atom is -0.508 e. The van der Waals surface area contributed by atoms with E-state index in [0.717, 1.165) is 11.8 Å². The lowest BCUT2D eigenvalue weighted by Gasteiger charge is -2.16. The van der Waals surface area contributed by atoms with Gasteiger partial charge in [-0.3, -0.25) is 9.59 Å². The summed E-state index contributed by atoms with van der Waals surface area (Å²) in [6.07, 6.45) is 3.34. The summed E-state index contributed by atoms with van der Waals surface area (Å²) in [5, 5.41) is 12.2. The van der Waals surface area contributed by atoms with Crippen molar-refractivity contribution in [2.24, 2.45) is 17.4 Å². The van der Waals surface area contributed by atoms with E-state index in [1.54, 1.807) is 24.3 Å². The number of hydrogen-bond acceptors (Lipinski definition) is 8. The van der Waals surface area contributed by atoms with Crippen LogP contribution >= 0.6 is 0 Å². The van der Waals surface area contributed by atoms with Crippen molar-refractivity contribution >= 4 is 11.8 Å². The van der Waals surface area contributed by atoms with Gasteiger partial charge in [-0.05, 0) is 36.5 Å². The predicted molar refractivity (Wildman–Crippen MR) is 110 cm³/mol. The molecule has 3 rings (SSSR count). The molecule has 10 nitrogen and oxygen atoms in total. The van der Waals surface area contributed by atoms with Gasteiger partial charge >= 0.3 is 0 Å². The second-order valence-corrected chi connectivity index (χ2v) is 7.64. The Morgan fingerprint density at radius 3 is 2.29 bits per heavy atom. The second-order valence-electron chi connectivity index (χ2n) is 7.64. The number of benzene rings is 1. The molecule has 0 unspecified atom stereocenters. The molecule has 2 aromatic heterocycles. The number of primary amides is 1. The van der Waals surface area contributed by atoms with Crippen LogP contribution in [0.4, 0.5) is 0 Å². The van der Waals surface area contributed by atoms with Crippen molar-refractivity contribution in [3.05, 3.63) is 65.5 Å². The highest BCUT2D eigenvalue weighted by Gasteiger charge is 2.25. The summed E-state index contributed by atoms with van der Waals surface area (Å²) in [6.45, 7) is 3.96. The number of carbonyl (C=O) groups excluding carboxylic acids is 2. The smallest absolute Gasteiger partial charge is 0.273 e. The zero-order valence-corrected chi connectivity index (χ0v) is 17.2. The fourth-order valence-corrected chi connectivity index (χ4v) is 3.02. The first-order valence-electron chi connectivity index (χ1n) is 9.78. The van der Waals surface area contributed by atoms with Crippen LogP contribution in [0.2, 0.25) is 0 Å². The van der Waals surface area contributed by atoms with E-state index < -0.39 is 23.9 Å². The normalized spacial score (nSPS) is 13.2. The number of oxazole rings is 2. The number of aromatic hydroxyl groups is 1. The lowest BCUT2D eigenvalue weighted by Crippen LogP contribution is -2.30. The maximum atomic E-state index is 12.7. The fourth-order valence-electron chi connectivity index (χ4n) is 3.02. The monoisotopic (exact) mass is 427 g/mol. The first kappa shape index (κ1) is 22.0. The summed E-state index contributed by atoms with van der Waals surface area (Å²) in [7, 11) is 0. The number of phenols is 1. The van der Waals surface area contributed by atoms with E-state index in [4.69, 9.17) is 20.3 Å². The molecule has 1 aromatic carbocycles. The lowest BCUT2D eigenvalue weighted by molar-refractivity contribution is 0.0919. The van der Waals surface area contributed by atoms with Crippen molar-refractivity contribution in [2.75, 3.05) is 0 Å². The van der Waals surface area contributed by atoms with Crippen molar-refractivity contribution in [2.45, 2.75) is 38.8 Å². The molecule has 0 spiro atoms. The van der Waals surface area contributed by atoms with E-state index in [1.807, 2.05) is 13.8 Å². The molecule has 0 bridgehead atoms. The van der Waals surface area contributed by atoms with Gasteiger partial charge in [0.15, 0.2) is 11.4 Å². The Morgan fingerprint density at radius 2 is 1.68 bits per heavy atom. The van der Waals surface area contributed by atoms with Gasteiger partial charge in [0.25, 0.3) is 11.8 Å². The minimum atomic E-state index is -0.714. The van der Waals surface area contributed by atoms with Crippen molar-refractivity contribution in [1.82, 2.24) is 15.3 Å². The van der Waals surface area contributed by atoms with E-state index in [0.29, 0.717) is 12.8 Å². The Kier molecular flexibility index (Phi) is 6.71. The second kappa shape index (κ2) is 9.43. The van der Waals surface area contributed by atoms with E-state index in [1.165, 1.54) is 6.26 Å². The van der Waals surface area contributed by atoms with Crippen LogP contribution in [-0.2, 0) is 6.42 Å². The number of nitrogens with zero attached hydrogens (tertiary/aromatic N) is 2. The third-order valence-corrected chi connectivity index (χ3v) is 4.55. The molecule has 0 saturated heterocycles. The summed E-state index contributed by atoms with van der Waals surface area (Å²) in [5.74, 6) is -0.433. The quantitative estimate of drug-likeness (QED) is 0.402. The van der Waals surface area contributed by atoms with E-state index in [9.17, 15) is 14.7 Å². The predicted octanol–water partition coefficient (Wildman–Crippen LogP) is 2.23. The van der Waals surface area contributed by atoms with Crippen molar-refractivity contribution < 1.29 is 23.5 Å². The number of phenolic OH excluding ortho intramolecular Hbond substituents is 1. The Labute approximate surface area is 178 Å². The average molecular weight is 427 g/mol. The number of aromatic nitrogens is 2. The van der Waals surface area contributed by atoms with Crippen LogP contribution in [0.3, 0.4) is 0 Å². The molecule has 0 aliphatic heterocycles. The van der Waals surface area contributed by atoms with E-state index in [-0.39, 0.29) is 34.8 Å². The van der Waals surface area contributed by atoms with Gasteiger partial charge < -0.3 is 30.7 Å². The molecular weight excluding hydrogens is 402 g/mol. The van der Waals surface area contributed by atoms with Crippen LogP contribution < -0.4 is 16.8 Å². The van der Waals surface area contributed by atoms with Gasteiger partial charge in [-0.25, -0.2) is 9.97 Å². The van der Waals surface area contributed by atoms with Gasteiger partial charge in [-0.15, -0.1) is 0 Å². The molecule has 10 heteroatoms. The number of hydrogen-bond donors (Lipinski definition) is 4. The summed E-state index contributed by atoms with van der Waals surface area (Å²) < 4.78 is 10.7. The Morgan fingerprint density at radius 1 is 1.06 bits per heavy atom. The summed E-state index contributed by atoms with van der Waals surface area (Å²) in [4.78, 5) is 32.3. The van der Waals surface area contributed by atoms with Crippen LogP contribution in [0.1, 0.15) is 70.7 Å². The van der Waals surface area contributed by atoms with Crippen molar-refractivity contribution in [3.8, 4) is 5.75 Å². The Hall–Kier alpha value is -3.66. The molecule has 0 fully saturated rings. The Balaban J connectivity index is 1.69. The SMILES string of the molecule is CC(C)C[C@H](NC(=O)c1coc([C@@H](N)Cc2ccc(O)cc2)n1)c1nc(C(N)=O)co1. The van der Waals surface area contributed by atoms with E-state index >= 15 is 0 Å². The molecule has 0 aliphatic carbocycles. The molecule has 2 amide bonds. The summed E-state index contributed by atoms with van der Waals surface area (Å²) >= 11 is 0. The standard InChI is InChI=1S/C21H25N5O5/c1-11(2)7-15(21-25-16(9-31-21)18(23)28)24-19(29)17-10-30-20(26-17)14(22)8-12-3-5-13(27)6-4-12/h3-6,9-11,14-15,27H,7-8,22H2,1-2H3,(H2,23,28)(H,24,29)/t14-,15-/m0/s1. The Bertz CT molecular complexity index is 1040. The van der Waals surface area contributed by atoms with Gasteiger partial charge in [0.1, 0.15) is 24.3 Å². The molecule has 164 valence electrons. The third-order valence-electron chi connectivity index (χ3n) is 4.55. The van der Waals surface area contributed by atoms with Crippen molar-refractivity contribution in [3.63, 3.8) is 0 Å².